The average molecular weight is 490 g/mol. The lowest BCUT2D eigenvalue weighted by Gasteiger charge is -2.29. The summed E-state index contributed by atoms with van der Waals surface area (Å²) in [5.74, 6) is -0.0168. The standard InChI is InChI=1S/C26H20ClN3O3S/c1-16-6-9-18(10-7-16)28-24(31)13-30-22-12-17(8-11-23(22)33-14-25(30)32)21-15-34-26(29-21)19-4-2-3-5-20(19)27/h2-12,15H,13-14H2,1H3,(H,28,31). The second-order valence-electron chi connectivity index (χ2n) is 7.88. The van der Waals surface area contributed by atoms with Gasteiger partial charge in [-0.25, -0.2) is 4.98 Å². The number of hydrogen-bond donors (Lipinski definition) is 1. The zero-order chi connectivity index (χ0) is 23.7. The number of hydrogen-bond acceptors (Lipinski definition) is 5. The molecule has 5 rings (SSSR count). The van der Waals surface area contributed by atoms with Crippen LogP contribution in [0.4, 0.5) is 11.4 Å². The van der Waals surface area contributed by atoms with Crippen molar-refractivity contribution >= 4 is 46.1 Å². The van der Waals surface area contributed by atoms with Crippen LogP contribution in [0.5, 0.6) is 5.75 Å². The summed E-state index contributed by atoms with van der Waals surface area (Å²) >= 11 is 7.82. The third-order valence-electron chi connectivity index (χ3n) is 5.44. The maximum atomic E-state index is 12.7. The van der Waals surface area contributed by atoms with E-state index in [1.165, 1.54) is 16.2 Å². The lowest BCUT2D eigenvalue weighted by molar-refractivity contribution is -0.123. The van der Waals surface area contributed by atoms with Crippen molar-refractivity contribution in [2.75, 3.05) is 23.4 Å². The second-order valence-corrected chi connectivity index (χ2v) is 9.15. The number of amides is 2. The molecule has 6 nitrogen and oxygen atoms in total. The van der Waals surface area contributed by atoms with Crippen molar-refractivity contribution in [2.45, 2.75) is 6.92 Å². The quantitative estimate of drug-likeness (QED) is 0.384. The zero-order valence-corrected chi connectivity index (χ0v) is 19.8. The van der Waals surface area contributed by atoms with Gasteiger partial charge in [0.1, 0.15) is 17.3 Å². The topological polar surface area (TPSA) is 71.5 Å². The van der Waals surface area contributed by atoms with Crippen LogP contribution in [0, 0.1) is 6.92 Å². The summed E-state index contributed by atoms with van der Waals surface area (Å²) in [5.41, 5.74) is 4.76. The summed E-state index contributed by atoms with van der Waals surface area (Å²) in [6, 6.07) is 20.6. The van der Waals surface area contributed by atoms with E-state index in [9.17, 15) is 9.59 Å². The van der Waals surface area contributed by atoms with Gasteiger partial charge in [0.05, 0.1) is 16.4 Å². The number of carbonyl (C=O) groups is 2. The maximum absolute atomic E-state index is 12.7. The van der Waals surface area contributed by atoms with Gasteiger partial charge in [0.15, 0.2) is 6.61 Å². The van der Waals surface area contributed by atoms with E-state index >= 15 is 0 Å². The number of rotatable bonds is 5. The molecule has 0 aliphatic carbocycles. The Labute approximate surface area is 205 Å². The van der Waals surface area contributed by atoms with E-state index in [0.717, 1.165) is 27.4 Å². The molecule has 1 aliphatic rings. The molecule has 1 aromatic heterocycles. The molecular formula is C26H20ClN3O3S. The van der Waals surface area contributed by atoms with Crippen LogP contribution in [0.25, 0.3) is 21.8 Å². The number of halogens is 1. The van der Waals surface area contributed by atoms with Crippen LogP contribution in [-0.4, -0.2) is 29.9 Å². The van der Waals surface area contributed by atoms with Crippen LogP contribution in [-0.2, 0) is 9.59 Å². The molecule has 8 heteroatoms. The summed E-state index contributed by atoms with van der Waals surface area (Å²) in [6.07, 6.45) is 0. The van der Waals surface area contributed by atoms with Crippen molar-refractivity contribution < 1.29 is 14.3 Å². The number of aryl methyl sites for hydroxylation is 1. The predicted molar refractivity (Wildman–Crippen MR) is 136 cm³/mol. The lowest BCUT2D eigenvalue weighted by Crippen LogP contribution is -2.43. The van der Waals surface area contributed by atoms with Gasteiger partial charge in [-0.05, 0) is 43.3 Å². The fraction of sp³-hybridized carbons (Fsp3) is 0.115. The maximum Gasteiger partial charge on any atom is 0.265 e. The molecule has 0 bridgehead atoms. The molecule has 0 spiro atoms. The third kappa shape index (κ3) is 4.53. The van der Waals surface area contributed by atoms with Gasteiger partial charge in [0.25, 0.3) is 5.91 Å². The Morgan fingerprint density at radius 1 is 1.15 bits per heavy atom. The van der Waals surface area contributed by atoms with E-state index in [2.05, 4.69) is 5.32 Å². The van der Waals surface area contributed by atoms with Crippen LogP contribution in [0.2, 0.25) is 5.02 Å². The normalized spacial score (nSPS) is 12.8. The minimum absolute atomic E-state index is 0.114. The van der Waals surface area contributed by atoms with Crippen molar-refractivity contribution in [2.24, 2.45) is 0 Å². The van der Waals surface area contributed by atoms with Gasteiger partial charge in [-0.15, -0.1) is 11.3 Å². The molecule has 3 aromatic carbocycles. The first-order valence-corrected chi connectivity index (χ1v) is 11.9. The molecule has 0 saturated carbocycles. The fourth-order valence-corrected chi connectivity index (χ4v) is 4.83. The summed E-state index contributed by atoms with van der Waals surface area (Å²) in [7, 11) is 0. The largest absolute Gasteiger partial charge is 0.482 e. The minimum atomic E-state index is -0.287. The monoisotopic (exact) mass is 489 g/mol. The molecule has 2 amide bonds. The van der Waals surface area contributed by atoms with Crippen molar-refractivity contribution in [3.63, 3.8) is 0 Å². The Balaban J connectivity index is 1.41. The smallest absolute Gasteiger partial charge is 0.265 e. The summed E-state index contributed by atoms with van der Waals surface area (Å²) in [6.45, 7) is 1.75. The lowest BCUT2D eigenvalue weighted by atomic mass is 10.1. The van der Waals surface area contributed by atoms with Gasteiger partial charge in [-0.3, -0.25) is 14.5 Å². The number of thiazole rings is 1. The van der Waals surface area contributed by atoms with E-state index in [0.29, 0.717) is 22.1 Å². The number of ether oxygens (including phenoxy) is 1. The van der Waals surface area contributed by atoms with Crippen LogP contribution in [0.1, 0.15) is 5.56 Å². The van der Waals surface area contributed by atoms with Crippen molar-refractivity contribution in [1.29, 1.82) is 0 Å². The number of aromatic nitrogens is 1. The number of fused-ring (bicyclic) bond motifs is 1. The van der Waals surface area contributed by atoms with E-state index in [1.54, 1.807) is 6.07 Å². The number of carbonyl (C=O) groups excluding carboxylic acids is 2. The number of benzene rings is 3. The van der Waals surface area contributed by atoms with Gasteiger partial charge in [0, 0.05) is 22.2 Å². The van der Waals surface area contributed by atoms with Gasteiger partial charge in [0.2, 0.25) is 5.91 Å². The number of nitrogens with one attached hydrogen (secondary N) is 1. The molecule has 0 unspecified atom stereocenters. The molecule has 0 atom stereocenters. The van der Waals surface area contributed by atoms with Crippen LogP contribution < -0.4 is 15.0 Å². The Kier molecular flexibility index (Phi) is 6.04. The van der Waals surface area contributed by atoms with E-state index in [4.69, 9.17) is 21.3 Å². The third-order valence-corrected chi connectivity index (χ3v) is 6.65. The predicted octanol–water partition coefficient (Wildman–Crippen LogP) is 5.80. The van der Waals surface area contributed by atoms with E-state index in [-0.39, 0.29) is 25.0 Å². The molecule has 4 aromatic rings. The van der Waals surface area contributed by atoms with Crippen molar-refractivity contribution in [3.05, 3.63) is 82.7 Å². The fourth-order valence-electron chi connectivity index (χ4n) is 3.68. The Morgan fingerprint density at radius 2 is 1.94 bits per heavy atom. The van der Waals surface area contributed by atoms with E-state index < -0.39 is 0 Å². The van der Waals surface area contributed by atoms with E-state index in [1.807, 2.05) is 73.0 Å². The average Bonchev–Trinajstić information content (AvgIpc) is 3.32. The van der Waals surface area contributed by atoms with Crippen LogP contribution >= 0.6 is 22.9 Å². The first-order chi connectivity index (χ1) is 16.5. The zero-order valence-electron chi connectivity index (χ0n) is 18.2. The Bertz CT molecular complexity index is 1380. The van der Waals surface area contributed by atoms with Crippen molar-refractivity contribution in [1.82, 2.24) is 4.98 Å². The SMILES string of the molecule is Cc1ccc(NC(=O)CN2C(=O)COc3ccc(-c4csc(-c5ccccc5Cl)n4)cc32)cc1. The summed E-state index contributed by atoms with van der Waals surface area (Å²) in [4.78, 5) is 31.5. The van der Waals surface area contributed by atoms with Crippen LogP contribution in [0.3, 0.4) is 0 Å². The molecule has 0 saturated heterocycles. The molecule has 1 aliphatic heterocycles. The van der Waals surface area contributed by atoms with Crippen molar-refractivity contribution in [3.8, 4) is 27.6 Å². The highest BCUT2D eigenvalue weighted by atomic mass is 35.5. The molecule has 0 fully saturated rings. The van der Waals surface area contributed by atoms with Crippen LogP contribution in [0.15, 0.2) is 72.1 Å². The Morgan fingerprint density at radius 3 is 2.74 bits per heavy atom. The highest BCUT2D eigenvalue weighted by Crippen LogP contribution is 2.38. The highest BCUT2D eigenvalue weighted by Gasteiger charge is 2.28. The van der Waals surface area contributed by atoms with Gasteiger partial charge < -0.3 is 10.1 Å². The number of anilines is 2. The van der Waals surface area contributed by atoms with Gasteiger partial charge in [-0.2, -0.15) is 0 Å². The molecule has 2 heterocycles. The number of nitrogens with zero attached hydrogens (tertiary/aromatic N) is 2. The van der Waals surface area contributed by atoms with Gasteiger partial charge >= 0.3 is 0 Å². The van der Waals surface area contributed by atoms with Gasteiger partial charge in [-0.1, -0.05) is 47.5 Å². The Hall–Kier alpha value is -3.68. The summed E-state index contributed by atoms with van der Waals surface area (Å²) < 4.78 is 5.60. The molecule has 34 heavy (non-hydrogen) atoms. The second kappa shape index (κ2) is 9.29. The molecule has 0 radical (unpaired) electrons. The minimum Gasteiger partial charge on any atom is -0.482 e. The first-order valence-electron chi connectivity index (χ1n) is 10.6. The molecule has 1 N–H and O–H groups in total. The summed E-state index contributed by atoms with van der Waals surface area (Å²) in [5, 5.41) is 6.23. The first kappa shape index (κ1) is 22.1. The highest BCUT2D eigenvalue weighted by molar-refractivity contribution is 7.13. The molecular weight excluding hydrogens is 470 g/mol. The molecule has 170 valence electrons.